The van der Waals surface area contributed by atoms with Crippen molar-refractivity contribution < 1.29 is 13.2 Å². The van der Waals surface area contributed by atoms with Gasteiger partial charge in [-0.05, 0) is 12.8 Å². The zero-order valence-electron chi connectivity index (χ0n) is 11.5. The molecule has 0 unspecified atom stereocenters. The lowest BCUT2D eigenvalue weighted by Crippen LogP contribution is -2.52. The van der Waals surface area contributed by atoms with Crippen molar-refractivity contribution in [1.29, 1.82) is 0 Å². The van der Waals surface area contributed by atoms with Crippen molar-refractivity contribution in [3.05, 3.63) is 0 Å². The number of nitrogens with one attached hydrogen (secondary N) is 1. The highest BCUT2D eigenvalue weighted by Crippen LogP contribution is 2.13. The average Bonchev–Trinajstić information content (AvgIpc) is 2.41. The van der Waals surface area contributed by atoms with Crippen LogP contribution in [0.15, 0.2) is 0 Å². The molecule has 7 nitrogen and oxygen atoms in total. The Hall–Kier alpha value is -0.320. The molecule has 20 heavy (non-hydrogen) atoms. The molecule has 0 aromatic carbocycles. The van der Waals surface area contributed by atoms with Gasteiger partial charge in [0.05, 0.1) is 18.2 Å². The number of hydrogen-bond donors (Lipinski definition) is 2. The Balaban J connectivity index is 1.80. The summed E-state index contributed by atoms with van der Waals surface area (Å²) in [6.07, 6.45) is 1.57. The summed E-state index contributed by atoms with van der Waals surface area (Å²) in [5.74, 6) is 0. The first kappa shape index (κ1) is 16.1. The van der Waals surface area contributed by atoms with E-state index >= 15 is 0 Å². The molecule has 9 heteroatoms. The molecule has 0 amide bonds. The lowest BCUT2D eigenvalue weighted by atomic mass is 10.1. The Morgan fingerprint density at radius 2 is 1.85 bits per heavy atom. The van der Waals surface area contributed by atoms with Crippen LogP contribution in [0.2, 0.25) is 0 Å². The van der Waals surface area contributed by atoms with Crippen molar-refractivity contribution in [3.8, 4) is 0 Å². The minimum Gasteiger partial charge on any atom is -0.392 e. The Kier molecular flexibility index (Phi) is 5.70. The summed E-state index contributed by atoms with van der Waals surface area (Å²) >= 11 is 4.88. The molecule has 2 heterocycles. The molecule has 2 saturated heterocycles. The van der Waals surface area contributed by atoms with Crippen molar-refractivity contribution in [1.82, 2.24) is 13.9 Å². The Morgan fingerprint density at radius 1 is 1.25 bits per heavy atom. The van der Waals surface area contributed by atoms with E-state index in [4.69, 9.17) is 22.7 Å². The fraction of sp³-hybridized carbons (Fsp3) is 0.909. The van der Waals surface area contributed by atoms with Crippen LogP contribution in [0.5, 0.6) is 0 Å². The summed E-state index contributed by atoms with van der Waals surface area (Å²) in [4.78, 5) is 2.64. The van der Waals surface area contributed by atoms with E-state index in [9.17, 15) is 8.42 Å². The first-order valence-electron chi connectivity index (χ1n) is 6.83. The molecule has 116 valence electrons. The number of ether oxygens (including phenoxy) is 1. The van der Waals surface area contributed by atoms with Crippen LogP contribution in [-0.2, 0) is 14.9 Å². The van der Waals surface area contributed by atoms with Crippen molar-refractivity contribution in [2.24, 2.45) is 5.73 Å². The summed E-state index contributed by atoms with van der Waals surface area (Å²) in [5, 5.41) is 0. The van der Waals surface area contributed by atoms with E-state index in [0.717, 1.165) is 25.9 Å². The largest absolute Gasteiger partial charge is 0.392 e. The summed E-state index contributed by atoms with van der Waals surface area (Å²) in [5.41, 5.74) is 5.52. The van der Waals surface area contributed by atoms with E-state index in [1.807, 2.05) is 0 Å². The van der Waals surface area contributed by atoms with Gasteiger partial charge in [-0.15, -0.1) is 0 Å². The van der Waals surface area contributed by atoms with Crippen LogP contribution in [0.25, 0.3) is 0 Å². The fourth-order valence-corrected chi connectivity index (χ4v) is 4.12. The van der Waals surface area contributed by atoms with Crippen molar-refractivity contribution in [3.63, 3.8) is 0 Å². The van der Waals surface area contributed by atoms with E-state index in [2.05, 4.69) is 9.62 Å². The number of thiocarbonyl (C=S) groups is 1. The van der Waals surface area contributed by atoms with Gasteiger partial charge in [-0.3, -0.25) is 4.90 Å². The maximum Gasteiger partial charge on any atom is 0.279 e. The smallest absolute Gasteiger partial charge is 0.279 e. The lowest BCUT2D eigenvalue weighted by molar-refractivity contribution is 0.0721. The molecular formula is C11H22N4O3S2. The minimum atomic E-state index is -3.39. The number of piperidine rings is 1. The van der Waals surface area contributed by atoms with Gasteiger partial charge in [0.2, 0.25) is 0 Å². The zero-order valence-corrected chi connectivity index (χ0v) is 13.1. The molecule has 0 aromatic heterocycles. The third kappa shape index (κ3) is 4.61. The van der Waals surface area contributed by atoms with Crippen molar-refractivity contribution in [2.45, 2.75) is 18.9 Å². The monoisotopic (exact) mass is 322 g/mol. The third-order valence-corrected chi connectivity index (χ3v) is 5.40. The van der Waals surface area contributed by atoms with Crippen LogP contribution in [0.3, 0.4) is 0 Å². The van der Waals surface area contributed by atoms with Crippen LogP contribution in [0.1, 0.15) is 12.8 Å². The Labute approximate surface area is 125 Å². The van der Waals surface area contributed by atoms with E-state index < -0.39 is 10.2 Å². The number of nitrogens with zero attached hydrogens (tertiary/aromatic N) is 2. The predicted molar refractivity (Wildman–Crippen MR) is 80.7 cm³/mol. The van der Waals surface area contributed by atoms with E-state index in [1.165, 1.54) is 4.31 Å². The van der Waals surface area contributed by atoms with Crippen LogP contribution in [0, 0.1) is 0 Å². The van der Waals surface area contributed by atoms with Gasteiger partial charge in [0.25, 0.3) is 10.2 Å². The van der Waals surface area contributed by atoms with Crippen LogP contribution < -0.4 is 10.5 Å². The highest BCUT2D eigenvalue weighted by molar-refractivity contribution is 7.87. The summed E-state index contributed by atoms with van der Waals surface area (Å²) in [6.45, 7) is 4.02. The predicted octanol–water partition coefficient (Wildman–Crippen LogP) is -1.10. The van der Waals surface area contributed by atoms with Crippen LogP contribution >= 0.6 is 12.2 Å². The van der Waals surface area contributed by atoms with E-state index in [-0.39, 0.29) is 6.04 Å². The quantitative estimate of drug-likeness (QED) is 0.625. The maximum absolute atomic E-state index is 12.2. The molecule has 2 fully saturated rings. The van der Waals surface area contributed by atoms with Crippen LogP contribution in [0.4, 0.5) is 0 Å². The molecule has 3 N–H and O–H groups in total. The molecule has 0 aliphatic carbocycles. The van der Waals surface area contributed by atoms with Gasteiger partial charge < -0.3 is 10.5 Å². The van der Waals surface area contributed by atoms with E-state index in [1.54, 1.807) is 0 Å². The summed E-state index contributed by atoms with van der Waals surface area (Å²) < 4.78 is 33.9. The van der Waals surface area contributed by atoms with Crippen molar-refractivity contribution >= 4 is 27.4 Å². The molecule has 0 aromatic rings. The van der Waals surface area contributed by atoms with Gasteiger partial charge in [0, 0.05) is 38.8 Å². The van der Waals surface area contributed by atoms with Crippen molar-refractivity contribution in [2.75, 3.05) is 45.9 Å². The van der Waals surface area contributed by atoms with E-state index in [0.29, 0.717) is 37.8 Å². The number of rotatable bonds is 5. The lowest BCUT2D eigenvalue weighted by Gasteiger charge is -2.34. The van der Waals surface area contributed by atoms with Gasteiger partial charge in [-0.2, -0.15) is 17.4 Å². The molecule has 0 atom stereocenters. The first-order chi connectivity index (χ1) is 9.47. The van der Waals surface area contributed by atoms with Gasteiger partial charge in [-0.25, -0.2) is 0 Å². The second kappa shape index (κ2) is 7.10. The topological polar surface area (TPSA) is 87.9 Å². The van der Waals surface area contributed by atoms with Gasteiger partial charge in [0.15, 0.2) is 0 Å². The van der Waals surface area contributed by atoms with Gasteiger partial charge in [-0.1, -0.05) is 12.2 Å². The number of morpholine rings is 1. The fourth-order valence-electron chi connectivity index (χ4n) is 2.50. The maximum atomic E-state index is 12.2. The normalized spacial score (nSPS) is 23.8. The number of hydrogen-bond acceptors (Lipinski definition) is 5. The number of likely N-dealkylation sites (tertiary alicyclic amines) is 1. The second-order valence-electron chi connectivity index (χ2n) is 5.15. The molecule has 0 spiro atoms. The first-order valence-corrected chi connectivity index (χ1v) is 8.68. The van der Waals surface area contributed by atoms with Crippen LogP contribution in [-0.4, -0.2) is 74.6 Å². The average molecular weight is 322 g/mol. The molecule has 0 bridgehead atoms. The second-order valence-corrected chi connectivity index (χ2v) is 7.38. The zero-order chi connectivity index (χ0) is 14.6. The summed E-state index contributed by atoms with van der Waals surface area (Å²) in [6, 6.07) is -0.00885. The highest BCUT2D eigenvalue weighted by Gasteiger charge is 2.28. The third-order valence-electron chi connectivity index (χ3n) is 3.59. The highest BCUT2D eigenvalue weighted by atomic mass is 32.2. The summed E-state index contributed by atoms with van der Waals surface area (Å²) in [7, 11) is -3.39. The molecular weight excluding hydrogens is 300 g/mol. The molecule has 0 radical (unpaired) electrons. The Bertz CT molecular complexity index is 429. The molecule has 2 aliphatic rings. The molecule has 2 rings (SSSR count). The molecule has 0 saturated carbocycles. The minimum absolute atomic E-state index is 0.00885. The Morgan fingerprint density at radius 3 is 2.40 bits per heavy atom. The molecule has 2 aliphatic heterocycles. The number of nitrogens with two attached hydrogens (primary N) is 1. The standard InChI is InChI=1S/C11H22N4O3S2/c12-11(19)9-14-3-1-10(2-4-14)13-20(16,17)15-5-7-18-8-6-15/h10,13H,1-9H2,(H2,12,19). The van der Waals surface area contributed by atoms with Gasteiger partial charge in [0.1, 0.15) is 0 Å². The van der Waals surface area contributed by atoms with Gasteiger partial charge >= 0.3 is 0 Å². The SMILES string of the molecule is NC(=S)CN1CCC(NS(=O)(=O)N2CCOCC2)CC1.